The minimum absolute atomic E-state index is 0.773. The van der Waals surface area contributed by atoms with E-state index in [0.717, 1.165) is 18.8 Å². The van der Waals surface area contributed by atoms with Crippen molar-refractivity contribution >= 4 is 16.6 Å². The normalized spacial score (nSPS) is 12.2. The molecule has 0 saturated carbocycles. The molecule has 0 aliphatic heterocycles. The molecule has 0 atom stereocenters. The van der Waals surface area contributed by atoms with E-state index in [1.165, 1.54) is 0 Å². The van der Waals surface area contributed by atoms with Gasteiger partial charge >= 0.3 is 0 Å². The summed E-state index contributed by atoms with van der Waals surface area (Å²) in [5.74, 6) is 0.773. The lowest BCUT2D eigenvalue weighted by Gasteiger charge is -2.27. The van der Waals surface area contributed by atoms with Crippen molar-refractivity contribution in [2.75, 3.05) is 0 Å². The van der Waals surface area contributed by atoms with Crippen molar-refractivity contribution in [1.82, 2.24) is 0 Å². The fourth-order valence-corrected chi connectivity index (χ4v) is 2.51. The largest absolute Gasteiger partial charge is 0.521 e. The first-order valence-electron chi connectivity index (χ1n) is 5.72. The van der Waals surface area contributed by atoms with Crippen LogP contribution in [-0.4, -0.2) is 16.6 Å². The molecule has 2 nitrogen and oxygen atoms in total. The van der Waals surface area contributed by atoms with Gasteiger partial charge in [0.05, 0.1) is 0 Å². The second-order valence-corrected chi connectivity index (χ2v) is 14.6. The van der Waals surface area contributed by atoms with E-state index in [1.54, 1.807) is 0 Å². The van der Waals surface area contributed by atoms with Crippen molar-refractivity contribution in [2.45, 2.75) is 59.0 Å². The van der Waals surface area contributed by atoms with E-state index in [9.17, 15) is 0 Å². The van der Waals surface area contributed by atoms with Crippen molar-refractivity contribution in [3.8, 4) is 0 Å². The summed E-state index contributed by atoms with van der Waals surface area (Å²) in [7, 11) is -3.08. The molecule has 0 aromatic carbocycles. The van der Waals surface area contributed by atoms with Crippen molar-refractivity contribution in [2.24, 2.45) is 0 Å². The van der Waals surface area contributed by atoms with Gasteiger partial charge in [-0.25, -0.2) is 0 Å². The van der Waals surface area contributed by atoms with Crippen LogP contribution >= 0.6 is 0 Å². The average molecular weight is 246 g/mol. The van der Waals surface area contributed by atoms with Gasteiger partial charge in [0.25, 0.3) is 0 Å². The number of rotatable bonds is 6. The molecule has 0 aromatic rings. The molecule has 0 rings (SSSR count). The van der Waals surface area contributed by atoms with Gasteiger partial charge in [0.15, 0.2) is 0 Å². The third-order valence-electron chi connectivity index (χ3n) is 1.41. The molecule has 0 saturated heterocycles. The molecular formula is C11H26O2Si2. The Morgan fingerprint density at radius 1 is 0.933 bits per heavy atom. The molecule has 90 valence electrons. The summed E-state index contributed by atoms with van der Waals surface area (Å²) in [4.78, 5) is 0. The molecular weight excluding hydrogens is 220 g/mol. The van der Waals surface area contributed by atoms with Crippen LogP contribution in [0.15, 0.2) is 12.0 Å². The van der Waals surface area contributed by atoms with E-state index >= 15 is 0 Å². The first kappa shape index (κ1) is 14.8. The third kappa shape index (κ3) is 10.1. The summed E-state index contributed by atoms with van der Waals surface area (Å²) in [6.07, 6.45) is 4.26. The maximum Gasteiger partial charge on any atom is 0.247 e. The van der Waals surface area contributed by atoms with Gasteiger partial charge in [-0.15, -0.1) is 0 Å². The Kier molecular flexibility index (Phi) is 5.66. The fourth-order valence-electron chi connectivity index (χ4n) is 0.970. The van der Waals surface area contributed by atoms with Gasteiger partial charge in [0.1, 0.15) is 0 Å². The van der Waals surface area contributed by atoms with Crippen LogP contribution in [-0.2, 0) is 8.85 Å². The SMILES string of the molecule is CCCC=C(O[Si](C)(C)C)O[Si](C)(C)C. The molecule has 0 aromatic heterocycles. The molecule has 0 amide bonds. The van der Waals surface area contributed by atoms with Gasteiger partial charge < -0.3 is 8.85 Å². The van der Waals surface area contributed by atoms with Gasteiger partial charge in [0, 0.05) is 0 Å². The van der Waals surface area contributed by atoms with E-state index in [2.05, 4.69) is 52.3 Å². The minimum atomic E-state index is -1.54. The highest BCUT2D eigenvalue weighted by Gasteiger charge is 2.23. The molecule has 0 unspecified atom stereocenters. The van der Waals surface area contributed by atoms with Crippen LogP contribution in [0, 0.1) is 0 Å². The number of hydrogen-bond acceptors (Lipinski definition) is 2. The van der Waals surface area contributed by atoms with Crippen molar-refractivity contribution < 1.29 is 8.85 Å². The predicted octanol–water partition coefficient (Wildman–Crippen LogP) is 4.33. The highest BCUT2D eigenvalue weighted by molar-refractivity contribution is 6.71. The van der Waals surface area contributed by atoms with Gasteiger partial charge in [-0.2, -0.15) is 0 Å². The Hall–Kier alpha value is -0.226. The lowest BCUT2D eigenvalue weighted by Crippen LogP contribution is -2.31. The molecule has 0 bridgehead atoms. The highest BCUT2D eigenvalue weighted by atomic mass is 28.4. The van der Waals surface area contributed by atoms with E-state index in [-0.39, 0.29) is 0 Å². The monoisotopic (exact) mass is 246 g/mol. The summed E-state index contributed by atoms with van der Waals surface area (Å²) < 4.78 is 11.9. The first-order chi connectivity index (χ1) is 6.64. The van der Waals surface area contributed by atoms with Gasteiger partial charge in [-0.3, -0.25) is 0 Å². The van der Waals surface area contributed by atoms with Gasteiger partial charge in [0.2, 0.25) is 22.6 Å². The topological polar surface area (TPSA) is 18.5 Å². The maximum absolute atomic E-state index is 5.93. The molecule has 15 heavy (non-hydrogen) atoms. The fraction of sp³-hybridized carbons (Fsp3) is 0.818. The smallest absolute Gasteiger partial charge is 0.247 e. The first-order valence-corrected chi connectivity index (χ1v) is 12.5. The third-order valence-corrected chi connectivity index (χ3v) is 3.04. The van der Waals surface area contributed by atoms with E-state index in [4.69, 9.17) is 8.85 Å². The summed E-state index contributed by atoms with van der Waals surface area (Å²) >= 11 is 0. The predicted molar refractivity (Wildman–Crippen MR) is 71.9 cm³/mol. The standard InChI is InChI=1S/C11H26O2Si2/c1-8-9-10-11(12-14(2,3)4)13-15(5,6)7/h10H,8-9H2,1-7H3. The van der Waals surface area contributed by atoms with E-state index in [0.29, 0.717) is 0 Å². The van der Waals surface area contributed by atoms with Gasteiger partial charge in [-0.05, 0) is 51.8 Å². The van der Waals surface area contributed by atoms with Crippen LogP contribution in [0.2, 0.25) is 39.3 Å². The van der Waals surface area contributed by atoms with Crippen molar-refractivity contribution in [3.05, 3.63) is 12.0 Å². The second-order valence-electron chi connectivity index (χ2n) is 5.74. The molecule has 0 aliphatic rings. The number of unbranched alkanes of at least 4 members (excludes halogenated alkanes) is 1. The molecule has 0 N–H and O–H groups in total. The Morgan fingerprint density at radius 2 is 1.33 bits per heavy atom. The quantitative estimate of drug-likeness (QED) is 0.513. The van der Waals surface area contributed by atoms with E-state index in [1.807, 2.05) is 0 Å². The zero-order valence-electron chi connectivity index (χ0n) is 11.3. The minimum Gasteiger partial charge on any atom is -0.521 e. The summed E-state index contributed by atoms with van der Waals surface area (Å²) in [6.45, 7) is 15.2. The van der Waals surface area contributed by atoms with Crippen molar-refractivity contribution in [3.63, 3.8) is 0 Å². The van der Waals surface area contributed by atoms with Crippen LogP contribution in [0.1, 0.15) is 19.8 Å². The highest BCUT2D eigenvalue weighted by Crippen LogP contribution is 2.17. The average Bonchev–Trinajstić information content (AvgIpc) is 1.94. The Balaban J connectivity index is 4.46. The molecule has 0 fully saturated rings. The summed E-state index contributed by atoms with van der Waals surface area (Å²) in [6, 6.07) is 0. The second kappa shape index (κ2) is 5.75. The number of allylic oxidation sites excluding steroid dienone is 1. The zero-order valence-corrected chi connectivity index (χ0v) is 13.3. The van der Waals surface area contributed by atoms with Crippen LogP contribution in [0.4, 0.5) is 0 Å². The van der Waals surface area contributed by atoms with Crippen molar-refractivity contribution in [1.29, 1.82) is 0 Å². The molecule has 0 radical (unpaired) electrons. The molecule has 4 heteroatoms. The zero-order chi connectivity index (χ0) is 12.1. The summed E-state index contributed by atoms with van der Waals surface area (Å²) in [5, 5.41) is 0. The summed E-state index contributed by atoms with van der Waals surface area (Å²) in [5.41, 5.74) is 0. The van der Waals surface area contributed by atoms with Crippen LogP contribution < -0.4 is 0 Å². The molecule has 0 aliphatic carbocycles. The number of hydrogen-bond donors (Lipinski definition) is 0. The van der Waals surface area contributed by atoms with E-state index < -0.39 is 16.6 Å². The lowest BCUT2D eigenvalue weighted by molar-refractivity contribution is 0.214. The van der Waals surface area contributed by atoms with Gasteiger partial charge in [-0.1, -0.05) is 13.3 Å². The maximum atomic E-state index is 5.93. The lowest BCUT2D eigenvalue weighted by atomic mass is 10.3. The Morgan fingerprint density at radius 3 is 1.60 bits per heavy atom. The van der Waals surface area contributed by atoms with Crippen LogP contribution in [0.25, 0.3) is 0 Å². The van der Waals surface area contributed by atoms with Crippen LogP contribution in [0.3, 0.4) is 0 Å². The van der Waals surface area contributed by atoms with Crippen LogP contribution in [0.5, 0.6) is 0 Å². The molecule has 0 heterocycles. The Labute approximate surface area is 96.9 Å². The Bertz CT molecular complexity index is 194. The molecule has 0 spiro atoms.